The molecule has 5 aromatic rings. The Morgan fingerprint density at radius 2 is 1.78 bits per heavy atom. The summed E-state index contributed by atoms with van der Waals surface area (Å²) in [6.45, 7) is 7.61. The molecule has 3 heterocycles. The largest absolute Gasteiger partial charge is 0.454 e. The molecule has 1 aliphatic heterocycles. The zero-order valence-electron chi connectivity index (χ0n) is 23.2. The Labute approximate surface area is 236 Å². The van der Waals surface area contributed by atoms with E-state index in [9.17, 15) is 9.18 Å². The molecule has 41 heavy (non-hydrogen) atoms. The van der Waals surface area contributed by atoms with Crippen molar-refractivity contribution < 1.29 is 13.9 Å². The fourth-order valence-corrected chi connectivity index (χ4v) is 5.39. The summed E-state index contributed by atoms with van der Waals surface area (Å²) >= 11 is 0. The van der Waals surface area contributed by atoms with Crippen LogP contribution < -0.4 is 15.0 Å². The molecule has 1 aliphatic rings. The number of benzene rings is 3. The van der Waals surface area contributed by atoms with Crippen molar-refractivity contribution in [1.82, 2.24) is 30.1 Å². The maximum Gasteiger partial charge on any atom is 0.252 e. The molecule has 0 saturated heterocycles. The van der Waals surface area contributed by atoms with Crippen molar-refractivity contribution in [3.05, 3.63) is 110 Å². The molecule has 0 aliphatic carbocycles. The van der Waals surface area contributed by atoms with Gasteiger partial charge in [-0.3, -0.25) is 9.69 Å². The first-order chi connectivity index (χ1) is 19.9. The highest BCUT2D eigenvalue weighted by Gasteiger charge is 2.27. The van der Waals surface area contributed by atoms with Gasteiger partial charge in [-0.25, -0.2) is 9.07 Å². The number of halogens is 1. The van der Waals surface area contributed by atoms with Crippen molar-refractivity contribution in [2.45, 2.75) is 52.9 Å². The molecule has 0 saturated carbocycles. The zero-order valence-corrected chi connectivity index (χ0v) is 23.2. The number of nitrogens with one attached hydrogen (secondary N) is 1. The number of pyridine rings is 1. The lowest BCUT2D eigenvalue weighted by Crippen LogP contribution is -2.32. The van der Waals surface area contributed by atoms with Crippen LogP contribution in [0.2, 0.25) is 0 Å². The summed E-state index contributed by atoms with van der Waals surface area (Å²) in [5, 5.41) is 13.6. The first-order valence-electron chi connectivity index (χ1n) is 13.6. The van der Waals surface area contributed by atoms with Gasteiger partial charge in [-0.2, -0.15) is 0 Å². The maximum atomic E-state index is 13.5. The highest BCUT2D eigenvalue weighted by Crippen LogP contribution is 2.34. The molecule has 9 nitrogen and oxygen atoms in total. The van der Waals surface area contributed by atoms with Gasteiger partial charge in [-0.1, -0.05) is 37.3 Å². The van der Waals surface area contributed by atoms with E-state index in [2.05, 4.69) is 38.4 Å². The molecule has 0 bridgehead atoms. The number of H-pyrrole nitrogens is 1. The quantitative estimate of drug-likeness (QED) is 0.267. The lowest BCUT2D eigenvalue weighted by molar-refractivity contribution is 0.161. The normalized spacial score (nSPS) is 13.3. The van der Waals surface area contributed by atoms with Crippen LogP contribution in [0.3, 0.4) is 0 Å². The van der Waals surface area contributed by atoms with Gasteiger partial charge in [0.25, 0.3) is 5.56 Å². The Balaban J connectivity index is 1.38. The minimum atomic E-state index is -0.294. The van der Waals surface area contributed by atoms with Gasteiger partial charge < -0.3 is 14.5 Å². The number of aryl methyl sites for hydroxylation is 2. The highest BCUT2D eigenvalue weighted by atomic mass is 19.1. The lowest BCUT2D eigenvalue weighted by atomic mass is 10.0. The number of aromatic nitrogens is 5. The maximum absolute atomic E-state index is 13.5. The SMILES string of the molecule is CC[C@@H](c1nnnn1Cc1ccc(F)cc1)N(Cc1ccc2c(c1)OCO2)Cc1cc2ccc(C)c(C)c2[nH]c1=O. The van der Waals surface area contributed by atoms with E-state index >= 15 is 0 Å². The number of rotatable bonds is 9. The van der Waals surface area contributed by atoms with Gasteiger partial charge in [0.05, 0.1) is 18.1 Å². The Morgan fingerprint density at radius 3 is 2.59 bits per heavy atom. The van der Waals surface area contributed by atoms with E-state index in [1.54, 1.807) is 16.8 Å². The van der Waals surface area contributed by atoms with Gasteiger partial charge in [-0.05, 0) is 88.7 Å². The van der Waals surface area contributed by atoms with E-state index < -0.39 is 0 Å². The Bertz CT molecular complexity index is 1760. The minimum Gasteiger partial charge on any atom is -0.454 e. The summed E-state index contributed by atoms with van der Waals surface area (Å²) in [7, 11) is 0. The second kappa shape index (κ2) is 11.1. The van der Waals surface area contributed by atoms with Crippen LogP contribution >= 0.6 is 0 Å². The zero-order chi connectivity index (χ0) is 28.5. The molecule has 1 atom stereocenters. The summed E-state index contributed by atoms with van der Waals surface area (Å²) in [5.74, 6) is 1.79. The fraction of sp³-hybridized carbons (Fsp3) is 0.290. The average molecular weight is 555 g/mol. The van der Waals surface area contributed by atoms with Crippen molar-refractivity contribution in [3.8, 4) is 11.5 Å². The molecular weight excluding hydrogens is 523 g/mol. The van der Waals surface area contributed by atoms with Crippen LogP contribution in [0.1, 0.15) is 53.0 Å². The Kier molecular flexibility index (Phi) is 7.23. The molecule has 0 radical (unpaired) electrons. The van der Waals surface area contributed by atoms with Crippen LogP contribution in [0.4, 0.5) is 4.39 Å². The van der Waals surface area contributed by atoms with Crippen molar-refractivity contribution in [1.29, 1.82) is 0 Å². The summed E-state index contributed by atoms with van der Waals surface area (Å²) in [5.41, 5.74) is 5.47. The third-order valence-corrected chi connectivity index (χ3v) is 7.75. The molecule has 10 heteroatoms. The number of fused-ring (bicyclic) bond motifs is 2. The molecule has 6 rings (SSSR count). The van der Waals surface area contributed by atoms with Crippen molar-refractivity contribution in [2.24, 2.45) is 0 Å². The van der Waals surface area contributed by atoms with Crippen LogP contribution in [0.15, 0.2) is 65.5 Å². The fourth-order valence-electron chi connectivity index (χ4n) is 5.39. The van der Waals surface area contributed by atoms with Gasteiger partial charge >= 0.3 is 0 Å². The van der Waals surface area contributed by atoms with E-state index in [0.717, 1.165) is 33.2 Å². The molecule has 0 unspecified atom stereocenters. The smallest absolute Gasteiger partial charge is 0.252 e. The lowest BCUT2D eigenvalue weighted by Gasteiger charge is -2.30. The summed E-state index contributed by atoms with van der Waals surface area (Å²) in [6, 6.07) is 18.1. The molecule has 0 fully saturated rings. The topological polar surface area (TPSA) is 98.2 Å². The van der Waals surface area contributed by atoms with Crippen LogP contribution in [0, 0.1) is 19.7 Å². The molecular formula is C31H31FN6O3. The van der Waals surface area contributed by atoms with E-state index in [1.807, 2.05) is 44.2 Å². The van der Waals surface area contributed by atoms with Crippen molar-refractivity contribution in [2.75, 3.05) is 6.79 Å². The third-order valence-electron chi connectivity index (χ3n) is 7.75. The van der Waals surface area contributed by atoms with Crippen molar-refractivity contribution >= 4 is 10.9 Å². The number of nitrogens with zero attached hydrogens (tertiary/aromatic N) is 5. The van der Waals surface area contributed by atoms with Gasteiger partial charge in [0, 0.05) is 18.7 Å². The minimum absolute atomic E-state index is 0.123. The van der Waals surface area contributed by atoms with Crippen LogP contribution in [-0.2, 0) is 19.6 Å². The van der Waals surface area contributed by atoms with E-state index in [1.165, 1.54) is 12.1 Å². The van der Waals surface area contributed by atoms with Gasteiger partial charge in [0.2, 0.25) is 6.79 Å². The molecule has 0 spiro atoms. The second-order valence-electron chi connectivity index (χ2n) is 10.4. The number of ether oxygens (including phenoxy) is 2. The van der Waals surface area contributed by atoms with Gasteiger partial charge in [-0.15, -0.1) is 5.10 Å². The Morgan fingerprint density at radius 1 is 1.00 bits per heavy atom. The molecule has 3 aromatic carbocycles. The number of hydrogen-bond acceptors (Lipinski definition) is 7. The number of tetrazole rings is 1. The van der Waals surface area contributed by atoms with Crippen LogP contribution in [-0.4, -0.2) is 36.9 Å². The predicted molar refractivity (Wildman–Crippen MR) is 152 cm³/mol. The average Bonchev–Trinajstić information content (AvgIpc) is 3.63. The first kappa shape index (κ1) is 26.6. The number of aromatic amines is 1. The van der Waals surface area contributed by atoms with Gasteiger partial charge in [0.15, 0.2) is 17.3 Å². The van der Waals surface area contributed by atoms with E-state index in [0.29, 0.717) is 48.9 Å². The summed E-state index contributed by atoms with van der Waals surface area (Å²) in [4.78, 5) is 18.7. The monoisotopic (exact) mass is 554 g/mol. The third kappa shape index (κ3) is 5.43. The number of hydrogen-bond donors (Lipinski definition) is 1. The molecule has 2 aromatic heterocycles. The second-order valence-corrected chi connectivity index (χ2v) is 10.4. The van der Waals surface area contributed by atoms with Crippen LogP contribution in [0.25, 0.3) is 10.9 Å². The predicted octanol–water partition coefficient (Wildman–Crippen LogP) is 5.20. The first-order valence-corrected chi connectivity index (χ1v) is 13.6. The molecule has 210 valence electrons. The van der Waals surface area contributed by atoms with E-state index in [4.69, 9.17) is 9.47 Å². The van der Waals surface area contributed by atoms with Gasteiger partial charge in [0.1, 0.15) is 5.82 Å². The van der Waals surface area contributed by atoms with E-state index in [-0.39, 0.29) is 24.2 Å². The standard InChI is InChI=1S/C31H31FN6O3/c1-4-26(30-34-35-36-38(30)16-21-6-10-25(32)11-7-21)37(15-22-8-12-27-28(13-22)41-18-40-27)17-24-14-23-9-5-19(2)20(3)29(23)33-31(24)39/h5-14,26H,4,15-18H2,1-3H3,(H,33,39)/t26-/m0/s1. The highest BCUT2D eigenvalue weighted by molar-refractivity contribution is 5.83. The van der Waals surface area contributed by atoms with Crippen molar-refractivity contribution in [3.63, 3.8) is 0 Å². The summed E-state index contributed by atoms with van der Waals surface area (Å²) in [6.07, 6.45) is 0.693. The molecule has 0 amide bonds. The van der Waals surface area contributed by atoms with Crippen LogP contribution in [0.5, 0.6) is 11.5 Å². The molecule has 1 N–H and O–H groups in total. The Hall–Kier alpha value is -4.57. The summed E-state index contributed by atoms with van der Waals surface area (Å²) < 4.78 is 26.4.